The van der Waals surface area contributed by atoms with Crippen LogP contribution in [0.5, 0.6) is 0 Å². The summed E-state index contributed by atoms with van der Waals surface area (Å²) in [6, 6.07) is 11.5. The Balaban J connectivity index is 0.000000503. The summed E-state index contributed by atoms with van der Waals surface area (Å²) >= 11 is 9.78. The van der Waals surface area contributed by atoms with Crippen molar-refractivity contribution < 1.29 is 0 Å². The van der Waals surface area contributed by atoms with E-state index in [1.165, 1.54) is 0 Å². The molecular formula is C31H30Br3N3. The van der Waals surface area contributed by atoms with Crippen LogP contribution in [0.3, 0.4) is 0 Å². The number of pyridine rings is 3. The van der Waals surface area contributed by atoms with Crippen LogP contribution in [0.2, 0.25) is 0 Å². The molecular weight excluding hydrogens is 654 g/mol. The Bertz CT molecular complexity index is 1180. The Hall–Kier alpha value is -2.87. The maximum Gasteiger partial charge on any atom is 0.113 e. The minimum Gasteiger partial charge on any atom is -0.248 e. The molecule has 0 amide bonds. The molecule has 0 saturated carbocycles. The van der Waals surface area contributed by atoms with Crippen molar-refractivity contribution in [1.82, 2.24) is 15.0 Å². The molecule has 190 valence electrons. The van der Waals surface area contributed by atoms with Gasteiger partial charge in [-0.25, -0.2) is 15.0 Å². The molecule has 0 unspecified atom stereocenters. The highest BCUT2D eigenvalue weighted by Crippen LogP contribution is 2.10. The maximum atomic E-state index is 4.78. The van der Waals surface area contributed by atoms with Gasteiger partial charge in [0.2, 0.25) is 0 Å². The predicted octanol–water partition coefficient (Wildman–Crippen LogP) is 8.85. The average molecular weight is 684 g/mol. The molecule has 3 nitrogen and oxygen atoms in total. The summed E-state index contributed by atoms with van der Waals surface area (Å²) in [5.41, 5.74) is 2.60. The van der Waals surface area contributed by atoms with E-state index < -0.39 is 0 Å². The van der Waals surface area contributed by atoms with Crippen molar-refractivity contribution in [2.24, 2.45) is 0 Å². The van der Waals surface area contributed by atoms with Crippen LogP contribution in [0.25, 0.3) is 0 Å². The molecule has 0 aliphatic heterocycles. The highest BCUT2D eigenvalue weighted by Gasteiger charge is 1.89. The molecule has 0 aliphatic rings. The average Bonchev–Trinajstić information content (AvgIpc) is 2.93. The molecule has 3 rings (SSSR count). The van der Waals surface area contributed by atoms with Crippen LogP contribution in [0, 0.1) is 47.9 Å². The van der Waals surface area contributed by atoms with Gasteiger partial charge in [0.05, 0.1) is 0 Å². The smallest absolute Gasteiger partial charge is 0.113 e. The topological polar surface area (TPSA) is 38.7 Å². The minimum absolute atomic E-state index is 0.814. The van der Waals surface area contributed by atoms with Crippen LogP contribution < -0.4 is 0 Å². The second-order valence-electron chi connectivity index (χ2n) is 6.62. The Morgan fingerprint density at radius 3 is 1.41 bits per heavy atom. The molecule has 6 heteroatoms. The van der Waals surface area contributed by atoms with Crippen molar-refractivity contribution in [2.75, 3.05) is 0 Å². The fourth-order valence-electron chi connectivity index (χ4n) is 1.90. The monoisotopic (exact) mass is 681 g/mol. The number of rotatable bonds is 0. The summed E-state index contributed by atoms with van der Waals surface area (Å²) in [7, 11) is 0. The lowest BCUT2D eigenvalue weighted by Crippen LogP contribution is -1.83. The zero-order valence-corrected chi connectivity index (χ0v) is 26.3. The largest absolute Gasteiger partial charge is 0.248 e. The van der Waals surface area contributed by atoms with Gasteiger partial charge in [0.1, 0.15) is 16.0 Å². The first-order valence-electron chi connectivity index (χ1n) is 11.6. The first kappa shape index (κ1) is 34.1. The fraction of sp³-hybridized carbons (Fsp3) is 0.258. The van der Waals surface area contributed by atoms with E-state index in [9.17, 15) is 0 Å². The van der Waals surface area contributed by atoms with Crippen molar-refractivity contribution in [3.05, 3.63) is 85.5 Å². The summed E-state index contributed by atoms with van der Waals surface area (Å²) in [6.45, 7) is 8.02. The van der Waals surface area contributed by atoms with E-state index in [1.807, 2.05) is 64.1 Å². The van der Waals surface area contributed by atoms with E-state index in [0.29, 0.717) is 0 Å². The predicted molar refractivity (Wildman–Crippen MR) is 166 cm³/mol. The molecule has 3 heterocycles. The normalized spacial score (nSPS) is 8.16. The Labute approximate surface area is 248 Å². The van der Waals surface area contributed by atoms with Gasteiger partial charge in [0.15, 0.2) is 0 Å². The van der Waals surface area contributed by atoms with Gasteiger partial charge in [-0.3, -0.25) is 0 Å². The van der Waals surface area contributed by atoms with E-state index in [0.717, 1.165) is 56.2 Å². The first-order valence-corrected chi connectivity index (χ1v) is 14.0. The van der Waals surface area contributed by atoms with Crippen LogP contribution in [0.1, 0.15) is 70.3 Å². The second kappa shape index (κ2) is 23.5. The highest BCUT2D eigenvalue weighted by molar-refractivity contribution is 9.11. The Morgan fingerprint density at radius 1 is 0.595 bits per heavy atom. The van der Waals surface area contributed by atoms with E-state index in [4.69, 9.17) is 6.42 Å². The summed E-state index contributed by atoms with van der Waals surface area (Å²) in [5.74, 6) is 20.3. The summed E-state index contributed by atoms with van der Waals surface area (Å²) < 4.78 is 2.85. The number of aromatic nitrogens is 3. The lowest BCUT2D eigenvalue weighted by atomic mass is 10.2. The van der Waals surface area contributed by atoms with Crippen molar-refractivity contribution in [3.8, 4) is 47.9 Å². The van der Waals surface area contributed by atoms with E-state index in [-0.39, 0.29) is 0 Å². The number of terminal acetylenes is 1. The van der Waals surface area contributed by atoms with Gasteiger partial charge in [0, 0.05) is 58.8 Å². The van der Waals surface area contributed by atoms with E-state index >= 15 is 0 Å². The fourth-order valence-corrected chi connectivity index (χ4v) is 2.60. The zero-order valence-electron chi connectivity index (χ0n) is 21.6. The Kier molecular flexibility index (Phi) is 21.7. The standard InChI is InChI=1S/C13H13N.C9H8BrN.C5H3Br2N.C4H6/c1-3-5-7-12-9-10-13(14-11-12)8-6-4-2;1-2-3-4-9-6-5-8(10)7-11-9;6-4-1-2-5(7)8-3-4;1-3-4-2/h9-11H,3-4H2,1-2H3;5-7H,2H2,1H3;1-3H;1H,4H2,2H3. The zero-order chi connectivity index (χ0) is 27.7. The van der Waals surface area contributed by atoms with Gasteiger partial charge in [-0.05, 0) is 96.0 Å². The molecule has 0 aliphatic carbocycles. The molecule has 37 heavy (non-hydrogen) atoms. The molecule has 0 saturated heterocycles. The molecule has 0 aromatic carbocycles. The van der Waals surface area contributed by atoms with Crippen molar-refractivity contribution in [2.45, 2.75) is 53.4 Å². The number of hydrogen-bond donors (Lipinski definition) is 0. The van der Waals surface area contributed by atoms with Gasteiger partial charge in [-0.2, -0.15) is 0 Å². The lowest BCUT2D eigenvalue weighted by Gasteiger charge is -1.90. The second-order valence-corrected chi connectivity index (χ2v) is 9.26. The number of hydrogen-bond acceptors (Lipinski definition) is 3. The molecule has 0 atom stereocenters. The third-order valence-electron chi connectivity index (χ3n) is 3.58. The summed E-state index contributed by atoms with van der Waals surface area (Å²) in [6.07, 6.45) is 13.5. The van der Waals surface area contributed by atoms with Crippen molar-refractivity contribution >= 4 is 47.8 Å². The molecule has 3 aromatic heterocycles. The SMILES string of the molecule is Brc1ccc(Br)nc1.C#CCC.CCC#Cc1ccc(Br)cn1.CCC#Cc1ccc(C#CCC)nc1. The van der Waals surface area contributed by atoms with Gasteiger partial charge < -0.3 is 0 Å². The van der Waals surface area contributed by atoms with E-state index in [2.05, 4.69) is 104 Å². The maximum absolute atomic E-state index is 4.78. The highest BCUT2D eigenvalue weighted by atomic mass is 79.9. The van der Waals surface area contributed by atoms with Crippen LogP contribution in [-0.4, -0.2) is 15.0 Å². The van der Waals surface area contributed by atoms with E-state index in [1.54, 1.807) is 18.6 Å². The minimum atomic E-state index is 0.814. The quantitative estimate of drug-likeness (QED) is 0.176. The van der Waals surface area contributed by atoms with Crippen molar-refractivity contribution in [1.29, 1.82) is 0 Å². The summed E-state index contributed by atoms with van der Waals surface area (Å²) in [5, 5.41) is 0. The van der Waals surface area contributed by atoms with Crippen molar-refractivity contribution in [3.63, 3.8) is 0 Å². The first-order chi connectivity index (χ1) is 17.9. The van der Waals surface area contributed by atoms with Gasteiger partial charge >= 0.3 is 0 Å². The molecule has 0 fully saturated rings. The number of nitrogens with zero attached hydrogens (tertiary/aromatic N) is 3. The molecule has 3 aromatic rings. The molecule has 0 bridgehead atoms. The van der Waals surface area contributed by atoms with Crippen LogP contribution in [-0.2, 0) is 0 Å². The third kappa shape index (κ3) is 19.9. The van der Waals surface area contributed by atoms with Crippen LogP contribution >= 0.6 is 47.8 Å². The van der Waals surface area contributed by atoms with Gasteiger partial charge in [0.25, 0.3) is 0 Å². The molecule has 0 radical (unpaired) electrons. The van der Waals surface area contributed by atoms with Gasteiger partial charge in [-0.1, -0.05) is 51.4 Å². The third-order valence-corrected chi connectivity index (χ3v) is 4.99. The molecule has 0 spiro atoms. The van der Waals surface area contributed by atoms with Gasteiger partial charge in [-0.15, -0.1) is 12.3 Å². The number of halogens is 3. The lowest BCUT2D eigenvalue weighted by molar-refractivity contribution is 1.25. The van der Waals surface area contributed by atoms with Crippen LogP contribution in [0.15, 0.2) is 68.5 Å². The van der Waals surface area contributed by atoms with Crippen LogP contribution in [0.4, 0.5) is 0 Å². The Morgan fingerprint density at radius 2 is 1.05 bits per heavy atom. The molecule has 0 N–H and O–H groups in total. The summed E-state index contributed by atoms with van der Waals surface area (Å²) in [4.78, 5) is 12.2.